The van der Waals surface area contributed by atoms with Gasteiger partial charge in [0.25, 0.3) is 0 Å². The Kier molecular flexibility index (Phi) is 3.91. The van der Waals surface area contributed by atoms with E-state index in [2.05, 4.69) is 26.1 Å². The molecule has 1 aromatic carbocycles. The first-order chi connectivity index (χ1) is 6.59. The Balaban J connectivity index is 2.91. The average molecular weight is 276 g/mol. The first-order valence-corrected chi connectivity index (χ1v) is 4.83. The van der Waals surface area contributed by atoms with E-state index < -0.39 is 0 Å². The summed E-state index contributed by atoms with van der Waals surface area (Å²) in [6.45, 7) is 0. The number of nitrogens with zero attached hydrogens (tertiary/aromatic N) is 2. The minimum absolute atomic E-state index is 0.0904. The molecule has 0 aliphatic heterocycles. The number of halogens is 2. The van der Waals surface area contributed by atoms with Gasteiger partial charge >= 0.3 is 0 Å². The van der Waals surface area contributed by atoms with Gasteiger partial charge in [-0.15, -0.1) is 5.10 Å². The standard InChI is InChI=1S/C8H8BrClN4/c9-6-1-2-7(10)5(3-6)4-13-14-8(11)12/h1-4H,(H4,11,12,14). The summed E-state index contributed by atoms with van der Waals surface area (Å²) in [5.41, 5.74) is 10.9. The molecule has 0 amide bonds. The quantitative estimate of drug-likeness (QED) is 0.490. The number of hydrogen-bond acceptors (Lipinski definition) is 2. The maximum atomic E-state index is 5.89. The normalized spacial score (nSPS) is 10.4. The topological polar surface area (TPSA) is 76.8 Å². The van der Waals surface area contributed by atoms with Gasteiger partial charge in [-0.3, -0.25) is 0 Å². The summed E-state index contributed by atoms with van der Waals surface area (Å²) < 4.78 is 0.910. The maximum absolute atomic E-state index is 5.89. The van der Waals surface area contributed by atoms with Crippen molar-refractivity contribution in [2.24, 2.45) is 21.7 Å². The molecule has 0 bridgehead atoms. The second-order valence-electron chi connectivity index (χ2n) is 2.44. The van der Waals surface area contributed by atoms with Crippen LogP contribution in [0.4, 0.5) is 0 Å². The zero-order valence-corrected chi connectivity index (χ0v) is 9.46. The van der Waals surface area contributed by atoms with Gasteiger partial charge in [-0.2, -0.15) is 5.10 Å². The monoisotopic (exact) mass is 274 g/mol. The van der Waals surface area contributed by atoms with Gasteiger partial charge in [0.1, 0.15) is 0 Å². The lowest BCUT2D eigenvalue weighted by molar-refractivity contribution is 1.21. The van der Waals surface area contributed by atoms with Crippen LogP contribution in [0.15, 0.2) is 32.9 Å². The SMILES string of the molecule is NC(N)=NN=Cc1cc(Br)ccc1Cl. The summed E-state index contributed by atoms with van der Waals surface area (Å²) in [4.78, 5) is 0. The van der Waals surface area contributed by atoms with E-state index in [1.807, 2.05) is 12.1 Å². The second kappa shape index (κ2) is 4.97. The first-order valence-electron chi connectivity index (χ1n) is 3.66. The molecule has 0 unspecified atom stereocenters. The molecule has 0 aliphatic carbocycles. The molecule has 4 nitrogen and oxygen atoms in total. The van der Waals surface area contributed by atoms with E-state index in [1.54, 1.807) is 6.07 Å². The van der Waals surface area contributed by atoms with Crippen LogP contribution in [0.2, 0.25) is 5.02 Å². The summed E-state index contributed by atoms with van der Waals surface area (Å²) in [7, 11) is 0. The molecule has 0 heterocycles. The molecule has 1 rings (SSSR count). The summed E-state index contributed by atoms with van der Waals surface area (Å²) >= 11 is 9.20. The summed E-state index contributed by atoms with van der Waals surface area (Å²) in [5.74, 6) is -0.0904. The molecule has 0 saturated carbocycles. The van der Waals surface area contributed by atoms with Gasteiger partial charge in [0.2, 0.25) is 5.96 Å². The maximum Gasteiger partial charge on any atom is 0.211 e. The number of guanidine groups is 1. The van der Waals surface area contributed by atoms with Gasteiger partial charge in [0.15, 0.2) is 0 Å². The van der Waals surface area contributed by atoms with Gasteiger partial charge in [-0.25, -0.2) is 0 Å². The van der Waals surface area contributed by atoms with Crippen LogP contribution in [0, 0.1) is 0 Å². The van der Waals surface area contributed by atoms with Gasteiger partial charge in [0.05, 0.1) is 6.21 Å². The molecule has 4 N–H and O–H groups in total. The van der Waals surface area contributed by atoms with E-state index in [0.29, 0.717) is 5.02 Å². The van der Waals surface area contributed by atoms with Gasteiger partial charge in [-0.1, -0.05) is 27.5 Å². The molecule has 0 radical (unpaired) electrons. The highest BCUT2D eigenvalue weighted by Crippen LogP contribution is 2.19. The third-order valence-electron chi connectivity index (χ3n) is 1.33. The lowest BCUT2D eigenvalue weighted by Crippen LogP contribution is -2.21. The first kappa shape index (κ1) is 11.0. The van der Waals surface area contributed by atoms with E-state index in [-0.39, 0.29) is 5.96 Å². The number of rotatable bonds is 2. The zero-order chi connectivity index (χ0) is 10.6. The van der Waals surface area contributed by atoms with Crippen LogP contribution in [0.25, 0.3) is 0 Å². The minimum atomic E-state index is -0.0904. The molecule has 6 heteroatoms. The highest BCUT2D eigenvalue weighted by Gasteiger charge is 1.97. The summed E-state index contributed by atoms with van der Waals surface area (Å²) in [6.07, 6.45) is 1.48. The average Bonchev–Trinajstić information content (AvgIpc) is 2.10. The second-order valence-corrected chi connectivity index (χ2v) is 3.76. The molecule has 0 fully saturated rings. The van der Waals surface area contributed by atoms with Crippen molar-refractivity contribution >= 4 is 39.7 Å². The fourth-order valence-corrected chi connectivity index (χ4v) is 1.32. The van der Waals surface area contributed by atoms with Gasteiger partial charge in [-0.05, 0) is 18.2 Å². The predicted octanol–water partition coefficient (Wildman–Crippen LogP) is 1.71. The van der Waals surface area contributed by atoms with Crippen molar-refractivity contribution in [1.29, 1.82) is 0 Å². The van der Waals surface area contributed by atoms with Crippen LogP contribution >= 0.6 is 27.5 Å². The fraction of sp³-hybridized carbons (Fsp3) is 0. The summed E-state index contributed by atoms with van der Waals surface area (Å²) in [5, 5.41) is 7.69. The molecule has 0 atom stereocenters. The van der Waals surface area contributed by atoms with Crippen molar-refractivity contribution in [1.82, 2.24) is 0 Å². The molecule has 1 aromatic rings. The lowest BCUT2D eigenvalue weighted by Gasteiger charge is -1.96. The Hall–Kier alpha value is -1.07. The van der Waals surface area contributed by atoms with Crippen molar-refractivity contribution in [2.45, 2.75) is 0 Å². The molecular weight excluding hydrogens is 267 g/mol. The Morgan fingerprint density at radius 2 is 2.14 bits per heavy atom. The van der Waals surface area contributed by atoms with Crippen LogP contribution in [-0.2, 0) is 0 Å². The largest absolute Gasteiger partial charge is 0.369 e. The molecule has 0 saturated heterocycles. The predicted molar refractivity (Wildman–Crippen MR) is 62.6 cm³/mol. The summed E-state index contributed by atoms with van der Waals surface area (Å²) in [6, 6.07) is 5.40. The Labute approximate surface area is 94.8 Å². The highest BCUT2D eigenvalue weighted by molar-refractivity contribution is 9.10. The number of benzene rings is 1. The molecule has 0 spiro atoms. The Morgan fingerprint density at radius 3 is 2.79 bits per heavy atom. The van der Waals surface area contributed by atoms with Crippen molar-refractivity contribution < 1.29 is 0 Å². The van der Waals surface area contributed by atoms with Gasteiger partial charge < -0.3 is 11.5 Å². The third-order valence-corrected chi connectivity index (χ3v) is 2.17. The van der Waals surface area contributed by atoms with E-state index in [4.69, 9.17) is 23.1 Å². The minimum Gasteiger partial charge on any atom is -0.369 e. The molecule has 0 aromatic heterocycles. The third kappa shape index (κ3) is 3.35. The van der Waals surface area contributed by atoms with Crippen LogP contribution in [0.3, 0.4) is 0 Å². The smallest absolute Gasteiger partial charge is 0.211 e. The number of hydrogen-bond donors (Lipinski definition) is 2. The molecular formula is C8H8BrClN4. The Morgan fingerprint density at radius 1 is 1.43 bits per heavy atom. The molecule has 0 aliphatic rings. The molecule has 74 valence electrons. The van der Waals surface area contributed by atoms with Crippen molar-refractivity contribution in [2.75, 3.05) is 0 Å². The zero-order valence-electron chi connectivity index (χ0n) is 7.11. The van der Waals surface area contributed by atoms with Crippen LogP contribution in [0.1, 0.15) is 5.56 Å². The van der Waals surface area contributed by atoms with Crippen LogP contribution in [-0.4, -0.2) is 12.2 Å². The van der Waals surface area contributed by atoms with E-state index in [9.17, 15) is 0 Å². The highest BCUT2D eigenvalue weighted by atomic mass is 79.9. The van der Waals surface area contributed by atoms with E-state index in [0.717, 1.165) is 10.0 Å². The van der Waals surface area contributed by atoms with Crippen molar-refractivity contribution in [3.8, 4) is 0 Å². The van der Waals surface area contributed by atoms with E-state index in [1.165, 1.54) is 6.21 Å². The van der Waals surface area contributed by atoms with Crippen molar-refractivity contribution in [3.63, 3.8) is 0 Å². The molecule has 14 heavy (non-hydrogen) atoms. The Bertz CT molecular complexity index is 385. The van der Waals surface area contributed by atoms with Crippen LogP contribution in [0.5, 0.6) is 0 Å². The lowest BCUT2D eigenvalue weighted by atomic mass is 10.2. The van der Waals surface area contributed by atoms with E-state index >= 15 is 0 Å². The van der Waals surface area contributed by atoms with Crippen molar-refractivity contribution in [3.05, 3.63) is 33.3 Å². The van der Waals surface area contributed by atoms with Crippen LogP contribution < -0.4 is 11.5 Å². The van der Waals surface area contributed by atoms with Gasteiger partial charge in [0, 0.05) is 15.1 Å². The number of nitrogens with two attached hydrogens (primary N) is 2. The fourth-order valence-electron chi connectivity index (χ4n) is 0.771.